The van der Waals surface area contributed by atoms with Gasteiger partial charge in [-0.2, -0.15) is 0 Å². The van der Waals surface area contributed by atoms with E-state index in [-0.39, 0.29) is 31.3 Å². The summed E-state index contributed by atoms with van der Waals surface area (Å²) in [4.78, 5) is 22.7. The van der Waals surface area contributed by atoms with Gasteiger partial charge in [-0.05, 0) is 19.1 Å². The van der Waals surface area contributed by atoms with Crippen LogP contribution in [-0.4, -0.2) is 25.5 Å². The zero-order chi connectivity index (χ0) is 14.5. The summed E-state index contributed by atoms with van der Waals surface area (Å²) in [5.41, 5.74) is 2.73. The minimum Gasteiger partial charge on any atom is -0.469 e. The highest BCUT2D eigenvalue weighted by Gasteiger charge is 2.10. The normalized spacial score (nSPS) is 10.5. The number of amides is 1. The number of aryl methyl sites for hydroxylation is 1. The maximum atomic E-state index is 11.8. The Morgan fingerprint density at radius 2 is 2.15 bits per heavy atom. The summed E-state index contributed by atoms with van der Waals surface area (Å²) in [5, 5.41) is 3.64. The van der Waals surface area contributed by atoms with Gasteiger partial charge in [0, 0.05) is 17.5 Å². The van der Waals surface area contributed by atoms with Gasteiger partial charge in [0.2, 0.25) is 5.91 Å². The Bertz CT molecular complexity index is 630. The molecule has 2 rings (SSSR count). The quantitative estimate of drug-likeness (QED) is 0.847. The lowest BCUT2D eigenvalue weighted by Gasteiger charge is -2.03. The Kier molecular flexibility index (Phi) is 4.40. The minimum absolute atomic E-state index is 0.141. The Balaban J connectivity index is 1.96. The van der Waals surface area contributed by atoms with Crippen LogP contribution in [0.2, 0.25) is 0 Å². The third-order valence-electron chi connectivity index (χ3n) is 3.04. The first kappa shape index (κ1) is 14.1. The molecule has 0 saturated carbocycles. The van der Waals surface area contributed by atoms with Gasteiger partial charge in [-0.15, -0.1) is 0 Å². The second kappa shape index (κ2) is 6.23. The van der Waals surface area contributed by atoms with Gasteiger partial charge in [0.1, 0.15) is 5.58 Å². The fourth-order valence-corrected chi connectivity index (χ4v) is 1.97. The predicted molar refractivity (Wildman–Crippen MR) is 74.3 cm³/mol. The zero-order valence-corrected chi connectivity index (χ0v) is 11.6. The van der Waals surface area contributed by atoms with Crippen LogP contribution in [0.25, 0.3) is 11.0 Å². The molecule has 1 amide bonds. The SMILES string of the molecule is COC(=O)CCNC(=O)Cc1coc2ccc(C)cc12. The van der Waals surface area contributed by atoms with Crippen LogP contribution < -0.4 is 5.32 Å². The Morgan fingerprint density at radius 1 is 1.35 bits per heavy atom. The van der Waals surface area contributed by atoms with Crippen molar-refractivity contribution in [3.63, 3.8) is 0 Å². The van der Waals surface area contributed by atoms with Crippen LogP contribution in [0.3, 0.4) is 0 Å². The van der Waals surface area contributed by atoms with Crippen molar-refractivity contribution in [2.45, 2.75) is 19.8 Å². The minimum atomic E-state index is -0.338. The average Bonchev–Trinajstić information content (AvgIpc) is 2.81. The summed E-state index contributed by atoms with van der Waals surface area (Å²) in [7, 11) is 1.32. The number of carbonyl (C=O) groups is 2. The van der Waals surface area contributed by atoms with E-state index in [2.05, 4.69) is 10.1 Å². The highest BCUT2D eigenvalue weighted by atomic mass is 16.5. The largest absolute Gasteiger partial charge is 0.469 e. The van der Waals surface area contributed by atoms with Gasteiger partial charge in [0.15, 0.2) is 0 Å². The third-order valence-corrected chi connectivity index (χ3v) is 3.04. The molecule has 5 heteroatoms. The zero-order valence-electron chi connectivity index (χ0n) is 11.6. The van der Waals surface area contributed by atoms with E-state index in [1.165, 1.54) is 7.11 Å². The van der Waals surface area contributed by atoms with Gasteiger partial charge in [0.05, 0.1) is 26.2 Å². The van der Waals surface area contributed by atoms with E-state index in [9.17, 15) is 9.59 Å². The summed E-state index contributed by atoms with van der Waals surface area (Å²) in [5.74, 6) is -0.479. The predicted octanol–water partition coefficient (Wildman–Crippen LogP) is 1.96. The van der Waals surface area contributed by atoms with Crippen molar-refractivity contribution in [3.05, 3.63) is 35.6 Å². The molecule has 0 bridgehead atoms. The topological polar surface area (TPSA) is 68.5 Å². The molecule has 1 N–H and O–H groups in total. The highest BCUT2D eigenvalue weighted by Crippen LogP contribution is 2.22. The Morgan fingerprint density at radius 3 is 2.90 bits per heavy atom. The maximum absolute atomic E-state index is 11.8. The van der Waals surface area contributed by atoms with E-state index >= 15 is 0 Å². The standard InChI is InChI=1S/C15H17NO4/c1-10-3-4-13-12(7-10)11(9-20-13)8-14(17)16-6-5-15(18)19-2/h3-4,7,9H,5-6,8H2,1-2H3,(H,16,17). The second-order valence-corrected chi connectivity index (χ2v) is 4.61. The molecule has 2 aromatic rings. The van der Waals surface area contributed by atoms with Gasteiger partial charge >= 0.3 is 5.97 Å². The van der Waals surface area contributed by atoms with Crippen molar-refractivity contribution >= 4 is 22.8 Å². The maximum Gasteiger partial charge on any atom is 0.307 e. The van der Waals surface area contributed by atoms with Gasteiger partial charge in [-0.1, -0.05) is 11.6 Å². The number of fused-ring (bicyclic) bond motifs is 1. The van der Waals surface area contributed by atoms with Crippen LogP contribution in [0.15, 0.2) is 28.9 Å². The van der Waals surface area contributed by atoms with Crippen molar-refractivity contribution in [1.82, 2.24) is 5.32 Å². The lowest BCUT2D eigenvalue weighted by molar-refractivity contribution is -0.140. The van der Waals surface area contributed by atoms with Crippen molar-refractivity contribution < 1.29 is 18.7 Å². The third kappa shape index (κ3) is 3.38. The van der Waals surface area contributed by atoms with Crippen molar-refractivity contribution in [2.24, 2.45) is 0 Å². The molecule has 0 aliphatic carbocycles. The number of ether oxygens (including phenoxy) is 1. The number of furan rings is 1. The summed E-state index contributed by atoms with van der Waals surface area (Å²) < 4.78 is 9.91. The van der Waals surface area contributed by atoms with Crippen LogP contribution in [0.5, 0.6) is 0 Å². The highest BCUT2D eigenvalue weighted by molar-refractivity contribution is 5.88. The number of nitrogens with one attached hydrogen (secondary N) is 1. The van der Waals surface area contributed by atoms with Crippen molar-refractivity contribution in [3.8, 4) is 0 Å². The summed E-state index contributed by atoms with van der Waals surface area (Å²) in [6.07, 6.45) is 2.01. The lowest BCUT2D eigenvalue weighted by atomic mass is 10.1. The van der Waals surface area contributed by atoms with Crippen LogP contribution >= 0.6 is 0 Å². The fourth-order valence-electron chi connectivity index (χ4n) is 1.97. The smallest absolute Gasteiger partial charge is 0.307 e. The van der Waals surface area contributed by atoms with E-state index in [1.807, 2.05) is 25.1 Å². The van der Waals surface area contributed by atoms with Gasteiger partial charge in [0.25, 0.3) is 0 Å². The van der Waals surface area contributed by atoms with E-state index in [1.54, 1.807) is 6.26 Å². The first-order valence-electron chi connectivity index (χ1n) is 6.40. The second-order valence-electron chi connectivity index (χ2n) is 4.61. The molecule has 0 radical (unpaired) electrons. The van der Waals surface area contributed by atoms with E-state index in [0.717, 1.165) is 22.1 Å². The van der Waals surface area contributed by atoms with Crippen molar-refractivity contribution in [2.75, 3.05) is 13.7 Å². The van der Waals surface area contributed by atoms with E-state index in [0.29, 0.717) is 0 Å². The molecule has 5 nitrogen and oxygen atoms in total. The molecule has 0 aliphatic heterocycles. The first-order valence-corrected chi connectivity index (χ1v) is 6.40. The average molecular weight is 275 g/mol. The molecule has 1 aromatic carbocycles. The molecule has 20 heavy (non-hydrogen) atoms. The number of methoxy groups -OCH3 is 1. The van der Waals surface area contributed by atoms with E-state index in [4.69, 9.17) is 4.42 Å². The molecular formula is C15H17NO4. The molecule has 106 valence electrons. The summed E-state index contributed by atoms with van der Waals surface area (Å²) >= 11 is 0. The van der Waals surface area contributed by atoms with Crippen LogP contribution in [0.4, 0.5) is 0 Å². The molecule has 0 atom stereocenters. The van der Waals surface area contributed by atoms with Gasteiger partial charge in [-0.25, -0.2) is 0 Å². The van der Waals surface area contributed by atoms with E-state index < -0.39 is 0 Å². The van der Waals surface area contributed by atoms with Crippen LogP contribution in [0, 0.1) is 6.92 Å². The van der Waals surface area contributed by atoms with Crippen molar-refractivity contribution in [1.29, 1.82) is 0 Å². The summed E-state index contributed by atoms with van der Waals surface area (Å²) in [6, 6.07) is 5.85. The Hall–Kier alpha value is -2.30. The van der Waals surface area contributed by atoms with Crippen LogP contribution in [0.1, 0.15) is 17.5 Å². The number of rotatable bonds is 5. The summed E-state index contributed by atoms with van der Waals surface area (Å²) in [6.45, 7) is 2.27. The Labute approximate surface area is 116 Å². The lowest BCUT2D eigenvalue weighted by Crippen LogP contribution is -2.27. The number of carbonyl (C=O) groups excluding carboxylic acids is 2. The monoisotopic (exact) mass is 275 g/mol. The number of benzene rings is 1. The molecule has 1 heterocycles. The molecule has 0 spiro atoms. The first-order chi connectivity index (χ1) is 9.60. The molecule has 0 saturated heterocycles. The molecule has 1 aromatic heterocycles. The fraction of sp³-hybridized carbons (Fsp3) is 0.333. The number of hydrogen-bond acceptors (Lipinski definition) is 4. The molecule has 0 unspecified atom stereocenters. The van der Waals surface area contributed by atoms with Gasteiger partial charge in [-0.3, -0.25) is 9.59 Å². The van der Waals surface area contributed by atoms with Crippen LogP contribution in [-0.2, 0) is 20.7 Å². The van der Waals surface area contributed by atoms with Gasteiger partial charge < -0.3 is 14.5 Å². The number of esters is 1. The molecule has 0 fully saturated rings. The molecule has 0 aliphatic rings. The number of hydrogen-bond donors (Lipinski definition) is 1. The molecular weight excluding hydrogens is 258 g/mol.